The second kappa shape index (κ2) is 6.36. The van der Waals surface area contributed by atoms with Crippen LogP contribution in [0.1, 0.15) is 16.8 Å². The molecule has 0 aliphatic heterocycles. The number of nitrogens with one attached hydrogen (secondary N) is 1. The number of hydrogen-bond acceptors (Lipinski definition) is 4. The van der Waals surface area contributed by atoms with E-state index >= 15 is 0 Å². The quantitative estimate of drug-likeness (QED) is 0.640. The first-order chi connectivity index (χ1) is 8.41. The summed E-state index contributed by atoms with van der Waals surface area (Å²) in [5.74, 6) is -2.05. The van der Waals surface area contributed by atoms with Gasteiger partial charge in [0.15, 0.2) is 6.10 Å². The number of carboxylic acid groups (broad SMARTS) is 1. The maximum Gasteiger partial charge on any atom is 0.332 e. The fraction of sp³-hybridized carbons (Fsp3) is 0.273. The summed E-state index contributed by atoms with van der Waals surface area (Å²) in [6, 6.07) is 4.39. The lowest BCUT2D eigenvalue weighted by atomic mass is 10.2. The van der Waals surface area contributed by atoms with Crippen LogP contribution in [0.15, 0.2) is 22.7 Å². The minimum Gasteiger partial charge on any atom is -0.507 e. The molecule has 0 bridgehead atoms. The lowest BCUT2D eigenvalue weighted by molar-refractivity contribution is -0.146. The number of carbonyl (C=O) groups excluding carboxylic acids is 1. The van der Waals surface area contributed by atoms with Gasteiger partial charge in [0.2, 0.25) is 0 Å². The minimum atomic E-state index is -1.51. The topological polar surface area (TPSA) is 107 Å². The molecule has 18 heavy (non-hydrogen) atoms. The van der Waals surface area contributed by atoms with Gasteiger partial charge >= 0.3 is 5.97 Å². The Morgan fingerprint density at radius 3 is 2.67 bits per heavy atom. The molecule has 0 spiro atoms. The molecule has 0 fully saturated rings. The Bertz CT molecular complexity index is 463. The number of hydrogen-bond donors (Lipinski definition) is 4. The first-order valence-electron chi connectivity index (χ1n) is 5.09. The van der Waals surface area contributed by atoms with Gasteiger partial charge in [0, 0.05) is 17.4 Å². The molecule has 1 rings (SSSR count). The van der Waals surface area contributed by atoms with Gasteiger partial charge < -0.3 is 20.6 Å². The van der Waals surface area contributed by atoms with Crippen molar-refractivity contribution in [3.05, 3.63) is 28.2 Å². The fourth-order valence-electron chi connectivity index (χ4n) is 1.23. The van der Waals surface area contributed by atoms with Gasteiger partial charge in [0.25, 0.3) is 5.91 Å². The largest absolute Gasteiger partial charge is 0.507 e. The first-order valence-corrected chi connectivity index (χ1v) is 5.88. The molecule has 0 aliphatic carbocycles. The number of amides is 1. The van der Waals surface area contributed by atoms with Crippen LogP contribution >= 0.6 is 15.9 Å². The van der Waals surface area contributed by atoms with Crippen LogP contribution in [0.2, 0.25) is 0 Å². The van der Waals surface area contributed by atoms with E-state index in [0.717, 1.165) is 0 Å². The molecule has 7 heteroatoms. The second-order valence-electron chi connectivity index (χ2n) is 3.56. The highest BCUT2D eigenvalue weighted by molar-refractivity contribution is 9.10. The van der Waals surface area contributed by atoms with Gasteiger partial charge in [0.1, 0.15) is 5.75 Å². The number of halogens is 1. The van der Waals surface area contributed by atoms with Gasteiger partial charge in [-0.15, -0.1) is 0 Å². The Morgan fingerprint density at radius 1 is 1.39 bits per heavy atom. The van der Waals surface area contributed by atoms with Crippen LogP contribution in [0.4, 0.5) is 0 Å². The van der Waals surface area contributed by atoms with Crippen LogP contribution in [0, 0.1) is 0 Å². The van der Waals surface area contributed by atoms with Crippen molar-refractivity contribution in [3.63, 3.8) is 0 Å². The molecule has 0 heterocycles. The van der Waals surface area contributed by atoms with Gasteiger partial charge in [-0.3, -0.25) is 4.79 Å². The van der Waals surface area contributed by atoms with Crippen molar-refractivity contribution in [2.24, 2.45) is 0 Å². The smallest absolute Gasteiger partial charge is 0.332 e. The van der Waals surface area contributed by atoms with Crippen LogP contribution in [-0.2, 0) is 4.79 Å². The van der Waals surface area contributed by atoms with E-state index in [4.69, 9.17) is 10.2 Å². The Balaban J connectivity index is 2.55. The number of aliphatic hydroxyl groups excluding tert-OH is 1. The van der Waals surface area contributed by atoms with Crippen molar-refractivity contribution in [1.29, 1.82) is 0 Å². The number of benzene rings is 1. The fourth-order valence-corrected chi connectivity index (χ4v) is 1.59. The number of carbonyl (C=O) groups is 2. The maximum atomic E-state index is 11.6. The van der Waals surface area contributed by atoms with Crippen LogP contribution < -0.4 is 5.32 Å². The van der Waals surface area contributed by atoms with E-state index in [1.807, 2.05) is 0 Å². The molecule has 98 valence electrons. The van der Waals surface area contributed by atoms with Crippen LogP contribution in [0.3, 0.4) is 0 Å². The molecule has 0 saturated heterocycles. The van der Waals surface area contributed by atoms with Gasteiger partial charge in [-0.1, -0.05) is 15.9 Å². The van der Waals surface area contributed by atoms with Crippen LogP contribution in [0.5, 0.6) is 5.75 Å². The zero-order chi connectivity index (χ0) is 13.7. The number of aliphatic hydroxyl groups is 1. The summed E-state index contributed by atoms with van der Waals surface area (Å²) in [5.41, 5.74) is 0.0780. The van der Waals surface area contributed by atoms with Crippen molar-refractivity contribution >= 4 is 27.8 Å². The molecule has 6 nitrogen and oxygen atoms in total. The lowest BCUT2D eigenvalue weighted by Gasteiger charge is -2.08. The van der Waals surface area contributed by atoms with Gasteiger partial charge in [0.05, 0.1) is 5.56 Å². The van der Waals surface area contributed by atoms with E-state index in [-0.39, 0.29) is 24.3 Å². The van der Waals surface area contributed by atoms with Crippen LogP contribution in [-0.4, -0.2) is 39.8 Å². The van der Waals surface area contributed by atoms with E-state index in [1.54, 1.807) is 6.07 Å². The van der Waals surface area contributed by atoms with Crippen LogP contribution in [0.25, 0.3) is 0 Å². The third-order valence-electron chi connectivity index (χ3n) is 2.19. The summed E-state index contributed by atoms with van der Waals surface area (Å²) >= 11 is 3.17. The van der Waals surface area contributed by atoms with E-state index in [0.29, 0.717) is 4.47 Å². The second-order valence-corrected chi connectivity index (χ2v) is 4.48. The molecule has 1 aromatic carbocycles. The number of rotatable bonds is 5. The average molecular weight is 318 g/mol. The summed E-state index contributed by atoms with van der Waals surface area (Å²) in [6.45, 7) is -0.00173. The normalized spacial score (nSPS) is 11.9. The molecule has 1 atom stereocenters. The number of phenols is 1. The summed E-state index contributed by atoms with van der Waals surface area (Å²) in [7, 11) is 0. The molecule has 0 radical (unpaired) electrons. The molecule has 1 aromatic rings. The maximum absolute atomic E-state index is 11.6. The molecule has 0 aliphatic rings. The summed E-state index contributed by atoms with van der Waals surface area (Å²) < 4.78 is 0.635. The zero-order valence-corrected chi connectivity index (χ0v) is 10.8. The molecule has 4 N–H and O–H groups in total. The van der Waals surface area contributed by atoms with Crippen molar-refractivity contribution < 1.29 is 24.9 Å². The Morgan fingerprint density at radius 2 is 2.06 bits per heavy atom. The highest BCUT2D eigenvalue weighted by Crippen LogP contribution is 2.21. The number of aromatic hydroxyl groups is 1. The highest BCUT2D eigenvalue weighted by Gasteiger charge is 2.15. The highest BCUT2D eigenvalue weighted by atomic mass is 79.9. The summed E-state index contributed by atoms with van der Waals surface area (Å²) in [4.78, 5) is 22.0. The predicted molar refractivity (Wildman–Crippen MR) is 66.4 cm³/mol. The van der Waals surface area contributed by atoms with Gasteiger partial charge in [-0.25, -0.2) is 4.79 Å². The van der Waals surface area contributed by atoms with Crippen molar-refractivity contribution in [3.8, 4) is 5.75 Å². The molecular formula is C11H12BrNO5. The van der Waals surface area contributed by atoms with Gasteiger partial charge in [-0.2, -0.15) is 0 Å². The van der Waals surface area contributed by atoms with Crippen molar-refractivity contribution in [1.82, 2.24) is 5.32 Å². The zero-order valence-electron chi connectivity index (χ0n) is 9.26. The Hall–Kier alpha value is -1.60. The molecule has 0 aromatic heterocycles. The number of carboxylic acids is 1. The number of aliphatic carboxylic acids is 1. The summed E-state index contributed by atoms with van der Waals surface area (Å²) in [6.07, 6.45) is -1.61. The SMILES string of the molecule is O=C(NCCC(O)C(=O)O)c1cc(Br)ccc1O. The summed E-state index contributed by atoms with van der Waals surface area (Å²) in [5, 5.41) is 29.3. The average Bonchev–Trinajstić information content (AvgIpc) is 2.31. The monoisotopic (exact) mass is 317 g/mol. The Kier molecular flexibility index (Phi) is 5.11. The first kappa shape index (κ1) is 14.5. The van der Waals surface area contributed by atoms with Crippen molar-refractivity contribution in [2.45, 2.75) is 12.5 Å². The molecular weight excluding hydrogens is 306 g/mol. The Labute approximate surface area is 111 Å². The molecule has 1 amide bonds. The van der Waals surface area contributed by atoms with E-state index in [2.05, 4.69) is 21.2 Å². The van der Waals surface area contributed by atoms with E-state index < -0.39 is 18.0 Å². The van der Waals surface area contributed by atoms with Gasteiger partial charge in [-0.05, 0) is 18.2 Å². The third kappa shape index (κ3) is 4.01. The standard InChI is InChI=1S/C11H12BrNO5/c12-6-1-2-8(14)7(5-6)10(16)13-4-3-9(15)11(17)18/h1-2,5,9,14-15H,3-4H2,(H,13,16)(H,17,18). The minimum absolute atomic E-state index is 0.00173. The third-order valence-corrected chi connectivity index (χ3v) is 2.68. The molecule has 0 saturated carbocycles. The predicted octanol–water partition coefficient (Wildman–Crippen LogP) is 0.720. The van der Waals surface area contributed by atoms with Crippen molar-refractivity contribution in [2.75, 3.05) is 6.54 Å². The molecule has 1 unspecified atom stereocenters. The van der Waals surface area contributed by atoms with E-state index in [1.165, 1.54) is 12.1 Å². The number of phenolic OH excluding ortho intramolecular Hbond substituents is 1. The lowest BCUT2D eigenvalue weighted by Crippen LogP contribution is -2.30. The van der Waals surface area contributed by atoms with E-state index in [9.17, 15) is 14.7 Å².